The maximum atomic E-state index is 13.0. The van der Waals surface area contributed by atoms with Gasteiger partial charge < -0.3 is 4.42 Å². The number of thioether (sulfide) groups is 1. The van der Waals surface area contributed by atoms with Crippen molar-refractivity contribution in [3.8, 4) is 17.3 Å². The first-order valence-electron chi connectivity index (χ1n) is 10.7. The molecule has 0 unspecified atom stereocenters. The Kier molecular flexibility index (Phi) is 6.01. The van der Waals surface area contributed by atoms with E-state index in [0.29, 0.717) is 34.5 Å². The van der Waals surface area contributed by atoms with Crippen LogP contribution in [0.1, 0.15) is 22.3 Å². The second-order valence-corrected chi connectivity index (χ2v) is 10.8. The first kappa shape index (κ1) is 22.4. The van der Waals surface area contributed by atoms with Crippen LogP contribution in [0, 0.1) is 0 Å². The minimum atomic E-state index is -3.35. The highest BCUT2D eigenvalue weighted by Crippen LogP contribution is 2.31. The van der Waals surface area contributed by atoms with Crippen molar-refractivity contribution in [3.05, 3.63) is 78.1 Å². The Bertz CT molecular complexity index is 1430. The summed E-state index contributed by atoms with van der Waals surface area (Å²) in [7, 11) is -3.35. The van der Waals surface area contributed by atoms with E-state index in [1.807, 2.05) is 47.0 Å². The molecule has 0 N–H and O–H groups in total. The van der Waals surface area contributed by atoms with Crippen LogP contribution >= 0.6 is 11.8 Å². The standard InChI is InChI=1S/C24H22N4O4S2/c1-34(30,31)27-13-5-7-17-15-18(11-12-20(17)27)21(29)16-33-24-26-25-23(22-10-6-14-32-22)28(24)19-8-3-2-4-9-19/h2-4,6,8-12,14-15H,5,7,13,16H2,1H3. The van der Waals surface area contributed by atoms with Crippen LogP contribution in [-0.4, -0.2) is 47.5 Å². The van der Waals surface area contributed by atoms with Crippen molar-refractivity contribution in [2.75, 3.05) is 22.9 Å². The van der Waals surface area contributed by atoms with Gasteiger partial charge in [-0.1, -0.05) is 30.0 Å². The molecule has 10 heteroatoms. The number of carbonyl (C=O) groups excluding carboxylic acids is 1. The normalized spacial score (nSPS) is 13.6. The van der Waals surface area contributed by atoms with Gasteiger partial charge in [-0.3, -0.25) is 13.7 Å². The Labute approximate surface area is 201 Å². The van der Waals surface area contributed by atoms with Crippen LogP contribution in [-0.2, 0) is 16.4 Å². The zero-order valence-electron chi connectivity index (χ0n) is 18.4. The van der Waals surface area contributed by atoms with Crippen molar-refractivity contribution in [1.29, 1.82) is 0 Å². The van der Waals surface area contributed by atoms with Crippen molar-refractivity contribution in [3.63, 3.8) is 0 Å². The molecule has 0 radical (unpaired) electrons. The fourth-order valence-corrected chi connectivity index (χ4v) is 5.88. The minimum Gasteiger partial charge on any atom is -0.461 e. The molecule has 1 aliphatic heterocycles. The molecular formula is C24H22N4O4S2. The molecule has 0 saturated carbocycles. The summed E-state index contributed by atoms with van der Waals surface area (Å²) in [5.41, 5.74) is 2.95. The number of para-hydroxylation sites is 1. The van der Waals surface area contributed by atoms with E-state index < -0.39 is 10.0 Å². The molecule has 0 saturated heterocycles. The number of hydrogen-bond acceptors (Lipinski definition) is 7. The predicted octanol–water partition coefficient (Wildman–Crippen LogP) is 4.21. The highest BCUT2D eigenvalue weighted by Gasteiger charge is 2.25. The summed E-state index contributed by atoms with van der Waals surface area (Å²) in [5.74, 6) is 1.24. The van der Waals surface area contributed by atoms with Gasteiger partial charge in [0.2, 0.25) is 15.8 Å². The molecule has 4 aromatic rings. The first-order chi connectivity index (χ1) is 16.4. The molecule has 2 aromatic carbocycles. The number of benzene rings is 2. The average Bonchev–Trinajstić information content (AvgIpc) is 3.51. The number of furan rings is 1. The Balaban J connectivity index is 1.40. The molecule has 0 spiro atoms. The lowest BCUT2D eigenvalue weighted by Gasteiger charge is -2.29. The number of Topliss-reactive ketones (excluding diaryl/α,β-unsaturated/α-hetero) is 1. The Morgan fingerprint density at radius 1 is 1.09 bits per heavy atom. The fourth-order valence-electron chi connectivity index (χ4n) is 4.03. The third kappa shape index (κ3) is 4.38. The van der Waals surface area contributed by atoms with E-state index in [2.05, 4.69) is 10.2 Å². The zero-order chi connectivity index (χ0) is 23.7. The van der Waals surface area contributed by atoms with Gasteiger partial charge in [0.1, 0.15) is 0 Å². The monoisotopic (exact) mass is 494 g/mol. The molecular weight excluding hydrogens is 472 g/mol. The molecule has 3 heterocycles. The third-order valence-corrected chi connectivity index (χ3v) is 7.71. The van der Waals surface area contributed by atoms with Crippen molar-refractivity contribution in [2.45, 2.75) is 18.0 Å². The van der Waals surface area contributed by atoms with Crippen molar-refractivity contribution in [1.82, 2.24) is 14.8 Å². The number of aryl methyl sites for hydroxylation is 1. The summed E-state index contributed by atoms with van der Waals surface area (Å²) in [6.07, 6.45) is 4.25. The lowest BCUT2D eigenvalue weighted by molar-refractivity contribution is 0.102. The molecule has 8 nitrogen and oxygen atoms in total. The molecule has 5 rings (SSSR count). The van der Waals surface area contributed by atoms with Gasteiger partial charge in [-0.2, -0.15) is 0 Å². The smallest absolute Gasteiger partial charge is 0.232 e. The number of aromatic nitrogens is 3. The molecule has 0 aliphatic carbocycles. The number of carbonyl (C=O) groups is 1. The van der Waals surface area contributed by atoms with Crippen LogP contribution in [0.5, 0.6) is 0 Å². The minimum absolute atomic E-state index is 0.0635. The highest BCUT2D eigenvalue weighted by molar-refractivity contribution is 7.99. The molecule has 34 heavy (non-hydrogen) atoms. The first-order valence-corrected chi connectivity index (χ1v) is 13.6. The quantitative estimate of drug-likeness (QED) is 0.280. The number of fused-ring (bicyclic) bond motifs is 1. The van der Waals surface area contributed by atoms with Gasteiger partial charge in [-0.05, 0) is 60.9 Å². The van der Waals surface area contributed by atoms with Crippen LogP contribution in [0.2, 0.25) is 0 Å². The van der Waals surface area contributed by atoms with Gasteiger partial charge in [-0.25, -0.2) is 8.42 Å². The van der Waals surface area contributed by atoms with E-state index >= 15 is 0 Å². The van der Waals surface area contributed by atoms with Gasteiger partial charge in [-0.15, -0.1) is 10.2 Å². The molecule has 0 amide bonds. The highest BCUT2D eigenvalue weighted by atomic mass is 32.2. The van der Waals surface area contributed by atoms with Gasteiger partial charge in [0, 0.05) is 17.8 Å². The largest absolute Gasteiger partial charge is 0.461 e. The average molecular weight is 495 g/mol. The molecule has 174 valence electrons. The van der Waals surface area contributed by atoms with E-state index in [9.17, 15) is 13.2 Å². The van der Waals surface area contributed by atoms with Crippen molar-refractivity contribution >= 4 is 33.3 Å². The summed E-state index contributed by atoms with van der Waals surface area (Å²) in [6, 6.07) is 18.5. The van der Waals surface area contributed by atoms with Crippen molar-refractivity contribution < 1.29 is 17.6 Å². The Hall–Kier alpha value is -3.37. The summed E-state index contributed by atoms with van der Waals surface area (Å²) in [6.45, 7) is 0.460. The summed E-state index contributed by atoms with van der Waals surface area (Å²) < 4.78 is 33.0. The van der Waals surface area contributed by atoms with Gasteiger partial charge in [0.05, 0.1) is 24.0 Å². The number of nitrogens with zero attached hydrogens (tertiary/aromatic N) is 4. The lowest BCUT2D eigenvalue weighted by atomic mass is 9.99. The molecule has 1 aliphatic rings. The van der Waals surface area contributed by atoms with Gasteiger partial charge in [0.15, 0.2) is 16.7 Å². The molecule has 0 bridgehead atoms. The van der Waals surface area contributed by atoms with Crippen LogP contribution < -0.4 is 4.31 Å². The van der Waals surface area contributed by atoms with E-state index in [1.165, 1.54) is 22.3 Å². The second-order valence-electron chi connectivity index (χ2n) is 7.95. The zero-order valence-corrected chi connectivity index (χ0v) is 20.1. The van der Waals surface area contributed by atoms with Crippen LogP contribution in [0.3, 0.4) is 0 Å². The van der Waals surface area contributed by atoms with Gasteiger partial charge in [0.25, 0.3) is 0 Å². The number of rotatable bonds is 7. The fraction of sp³-hybridized carbons (Fsp3) is 0.208. The van der Waals surface area contributed by atoms with E-state index in [1.54, 1.807) is 24.5 Å². The Morgan fingerprint density at radius 2 is 1.91 bits per heavy atom. The lowest BCUT2D eigenvalue weighted by Crippen LogP contribution is -2.34. The number of ketones is 1. The number of hydrogen-bond donors (Lipinski definition) is 0. The maximum absolute atomic E-state index is 13.0. The van der Waals surface area contributed by atoms with E-state index in [0.717, 1.165) is 24.1 Å². The van der Waals surface area contributed by atoms with Crippen LogP contribution in [0.4, 0.5) is 5.69 Å². The number of anilines is 1. The maximum Gasteiger partial charge on any atom is 0.232 e. The topological polar surface area (TPSA) is 98.3 Å². The SMILES string of the molecule is CS(=O)(=O)N1CCCc2cc(C(=O)CSc3nnc(-c4ccco4)n3-c3ccccc3)ccc21. The van der Waals surface area contributed by atoms with E-state index in [4.69, 9.17) is 4.42 Å². The molecule has 2 aromatic heterocycles. The molecule has 0 atom stereocenters. The van der Waals surface area contributed by atoms with E-state index in [-0.39, 0.29) is 11.5 Å². The van der Waals surface area contributed by atoms with Crippen molar-refractivity contribution in [2.24, 2.45) is 0 Å². The summed E-state index contributed by atoms with van der Waals surface area (Å²) >= 11 is 1.30. The predicted molar refractivity (Wildman–Crippen MR) is 131 cm³/mol. The summed E-state index contributed by atoms with van der Waals surface area (Å²) in [5, 5.41) is 9.19. The van der Waals surface area contributed by atoms with Crippen LogP contribution in [0.15, 0.2) is 76.5 Å². The van der Waals surface area contributed by atoms with Crippen LogP contribution in [0.25, 0.3) is 17.3 Å². The Morgan fingerprint density at radius 3 is 2.65 bits per heavy atom. The van der Waals surface area contributed by atoms with Gasteiger partial charge >= 0.3 is 0 Å². The second kappa shape index (κ2) is 9.11. The third-order valence-electron chi connectivity index (χ3n) is 5.60. The number of sulfonamides is 1. The summed E-state index contributed by atoms with van der Waals surface area (Å²) in [4.78, 5) is 13.0. The molecule has 0 fully saturated rings.